The first-order valence-electron chi connectivity index (χ1n) is 6.53. The molecule has 0 aliphatic carbocycles. The molecule has 1 aliphatic rings. The van der Waals surface area contributed by atoms with Crippen LogP contribution in [0.5, 0.6) is 0 Å². The third-order valence-electron chi connectivity index (χ3n) is 3.12. The molecule has 1 rings (SSSR count). The number of ether oxygens (including phenoxy) is 1. The van der Waals surface area contributed by atoms with Crippen molar-refractivity contribution in [3.05, 3.63) is 12.7 Å². The van der Waals surface area contributed by atoms with E-state index in [4.69, 9.17) is 9.84 Å². The molecule has 1 heterocycles. The van der Waals surface area contributed by atoms with Crippen LogP contribution in [0.25, 0.3) is 0 Å². The summed E-state index contributed by atoms with van der Waals surface area (Å²) in [6.07, 6.45) is 2.46. The van der Waals surface area contributed by atoms with E-state index in [2.05, 4.69) is 11.9 Å². The summed E-state index contributed by atoms with van der Waals surface area (Å²) >= 11 is 0. The van der Waals surface area contributed by atoms with Crippen molar-refractivity contribution in [2.24, 2.45) is 5.92 Å². The molecular formula is C13H22N2O4. The van der Waals surface area contributed by atoms with Gasteiger partial charge in [0.15, 0.2) is 0 Å². The molecular weight excluding hydrogens is 248 g/mol. The minimum absolute atomic E-state index is 0.0922. The average Bonchev–Trinajstić information content (AvgIpc) is 2.85. The monoisotopic (exact) mass is 270 g/mol. The Hall–Kier alpha value is -1.40. The smallest absolute Gasteiger partial charge is 0.311 e. The van der Waals surface area contributed by atoms with Gasteiger partial charge in [-0.2, -0.15) is 0 Å². The van der Waals surface area contributed by atoms with Crippen LogP contribution < -0.4 is 5.32 Å². The van der Waals surface area contributed by atoms with Crippen LogP contribution in [0, 0.1) is 5.92 Å². The van der Waals surface area contributed by atoms with E-state index in [-0.39, 0.29) is 25.1 Å². The van der Waals surface area contributed by atoms with E-state index in [1.54, 1.807) is 11.0 Å². The summed E-state index contributed by atoms with van der Waals surface area (Å²) in [4.78, 5) is 24.9. The predicted octanol–water partition coefficient (Wildman–Crippen LogP) is 0.100. The van der Waals surface area contributed by atoms with E-state index in [1.807, 2.05) is 6.92 Å². The van der Waals surface area contributed by atoms with E-state index >= 15 is 0 Å². The highest BCUT2D eigenvalue weighted by atomic mass is 16.5. The topological polar surface area (TPSA) is 78.9 Å². The van der Waals surface area contributed by atoms with Crippen LogP contribution >= 0.6 is 0 Å². The molecule has 19 heavy (non-hydrogen) atoms. The molecule has 0 bridgehead atoms. The van der Waals surface area contributed by atoms with Gasteiger partial charge < -0.3 is 20.1 Å². The number of carbonyl (C=O) groups excluding carboxylic acids is 1. The van der Waals surface area contributed by atoms with Crippen LogP contribution in [0.3, 0.4) is 0 Å². The molecule has 1 fully saturated rings. The van der Waals surface area contributed by atoms with Crippen LogP contribution in [0.2, 0.25) is 0 Å². The number of rotatable bonds is 8. The number of nitrogens with zero attached hydrogens (tertiary/aromatic N) is 1. The molecule has 0 aromatic rings. The van der Waals surface area contributed by atoms with Gasteiger partial charge in [0.25, 0.3) is 0 Å². The van der Waals surface area contributed by atoms with E-state index in [9.17, 15) is 9.59 Å². The minimum atomic E-state index is -0.907. The molecule has 6 nitrogen and oxygen atoms in total. The fourth-order valence-electron chi connectivity index (χ4n) is 2.19. The van der Waals surface area contributed by atoms with Gasteiger partial charge in [-0.25, -0.2) is 0 Å². The quantitative estimate of drug-likeness (QED) is 0.483. The molecule has 2 unspecified atom stereocenters. The second-order valence-corrected chi connectivity index (χ2v) is 4.56. The Labute approximate surface area is 113 Å². The van der Waals surface area contributed by atoms with Gasteiger partial charge in [-0.05, 0) is 6.42 Å². The van der Waals surface area contributed by atoms with Gasteiger partial charge in [0, 0.05) is 13.1 Å². The minimum Gasteiger partial charge on any atom is -0.481 e. The summed E-state index contributed by atoms with van der Waals surface area (Å²) in [5.74, 6) is -1.63. The zero-order valence-electron chi connectivity index (χ0n) is 11.3. The lowest BCUT2D eigenvalue weighted by Gasteiger charge is -2.30. The van der Waals surface area contributed by atoms with Crippen molar-refractivity contribution < 1.29 is 19.4 Å². The largest absolute Gasteiger partial charge is 0.481 e. The number of aliphatic carboxylic acids is 1. The highest BCUT2D eigenvalue weighted by molar-refractivity contribution is 5.80. The highest BCUT2D eigenvalue weighted by Gasteiger charge is 2.39. The van der Waals surface area contributed by atoms with Crippen LogP contribution in [0.4, 0.5) is 0 Å². The SMILES string of the molecule is C=CCNCC(=O)N(CCC)C1COCC1C(=O)O. The van der Waals surface area contributed by atoms with Gasteiger partial charge >= 0.3 is 5.97 Å². The summed E-state index contributed by atoms with van der Waals surface area (Å²) in [5, 5.41) is 12.1. The van der Waals surface area contributed by atoms with Gasteiger partial charge in [-0.1, -0.05) is 13.0 Å². The molecule has 6 heteroatoms. The number of hydrogen-bond donors (Lipinski definition) is 2. The number of hydrogen-bond acceptors (Lipinski definition) is 4. The highest BCUT2D eigenvalue weighted by Crippen LogP contribution is 2.20. The molecule has 0 aromatic heterocycles. The normalized spacial score (nSPS) is 22.2. The summed E-state index contributed by atoms with van der Waals surface area (Å²) < 4.78 is 5.22. The van der Waals surface area contributed by atoms with Crippen molar-refractivity contribution in [3.63, 3.8) is 0 Å². The first-order valence-corrected chi connectivity index (χ1v) is 6.53. The molecule has 1 amide bonds. The van der Waals surface area contributed by atoms with Gasteiger partial charge in [-0.3, -0.25) is 9.59 Å². The van der Waals surface area contributed by atoms with Crippen LogP contribution in [-0.4, -0.2) is 60.8 Å². The zero-order chi connectivity index (χ0) is 14.3. The Balaban J connectivity index is 2.67. The van der Waals surface area contributed by atoms with Gasteiger partial charge in [0.05, 0.1) is 25.8 Å². The zero-order valence-corrected chi connectivity index (χ0v) is 11.3. The third kappa shape index (κ3) is 4.33. The second-order valence-electron chi connectivity index (χ2n) is 4.56. The molecule has 2 N–H and O–H groups in total. The van der Waals surface area contributed by atoms with Crippen molar-refractivity contribution in [2.75, 3.05) is 32.8 Å². The third-order valence-corrected chi connectivity index (χ3v) is 3.12. The molecule has 0 aromatic carbocycles. The van der Waals surface area contributed by atoms with E-state index in [0.29, 0.717) is 19.7 Å². The number of nitrogens with one attached hydrogen (secondary N) is 1. The number of carboxylic acids is 1. The average molecular weight is 270 g/mol. The second kappa shape index (κ2) is 7.91. The molecule has 0 saturated carbocycles. The Bertz CT molecular complexity index is 333. The Morgan fingerprint density at radius 1 is 1.53 bits per heavy atom. The molecule has 2 atom stereocenters. The van der Waals surface area contributed by atoms with E-state index in [1.165, 1.54) is 0 Å². The van der Waals surface area contributed by atoms with E-state index in [0.717, 1.165) is 6.42 Å². The van der Waals surface area contributed by atoms with E-state index < -0.39 is 11.9 Å². The number of carboxylic acid groups (broad SMARTS) is 1. The fourth-order valence-corrected chi connectivity index (χ4v) is 2.19. The van der Waals surface area contributed by atoms with Gasteiger partial charge in [-0.15, -0.1) is 6.58 Å². The van der Waals surface area contributed by atoms with Crippen molar-refractivity contribution in [3.8, 4) is 0 Å². The van der Waals surface area contributed by atoms with Crippen LogP contribution in [0.15, 0.2) is 12.7 Å². The lowest BCUT2D eigenvalue weighted by Crippen LogP contribution is -2.49. The molecule has 1 saturated heterocycles. The van der Waals surface area contributed by atoms with Crippen molar-refractivity contribution in [1.82, 2.24) is 10.2 Å². The maximum Gasteiger partial charge on any atom is 0.311 e. The summed E-state index contributed by atoms with van der Waals surface area (Å²) in [6, 6.07) is -0.365. The van der Waals surface area contributed by atoms with Crippen molar-refractivity contribution >= 4 is 11.9 Å². The van der Waals surface area contributed by atoms with Crippen LogP contribution in [-0.2, 0) is 14.3 Å². The molecule has 0 spiro atoms. The van der Waals surface area contributed by atoms with Gasteiger partial charge in [0.1, 0.15) is 5.92 Å². The molecule has 1 aliphatic heterocycles. The predicted molar refractivity (Wildman–Crippen MR) is 70.8 cm³/mol. The lowest BCUT2D eigenvalue weighted by molar-refractivity contribution is -0.144. The van der Waals surface area contributed by atoms with Crippen molar-refractivity contribution in [1.29, 1.82) is 0 Å². The maximum absolute atomic E-state index is 12.1. The van der Waals surface area contributed by atoms with Crippen LogP contribution in [0.1, 0.15) is 13.3 Å². The summed E-state index contributed by atoms with van der Waals surface area (Å²) in [5.41, 5.74) is 0. The Morgan fingerprint density at radius 3 is 2.84 bits per heavy atom. The molecule has 108 valence electrons. The summed E-state index contributed by atoms with van der Waals surface area (Å²) in [6.45, 7) is 7.29. The number of carbonyl (C=O) groups is 2. The fraction of sp³-hybridized carbons (Fsp3) is 0.692. The molecule has 0 radical (unpaired) electrons. The Morgan fingerprint density at radius 2 is 2.26 bits per heavy atom. The Kier molecular flexibility index (Phi) is 6.52. The maximum atomic E-state index is 12.1. The first kappa shape index (κ1) is 15.7. The standard InChI is InChI=1S/C13H22N2O4/c1-3-5-14-7-12(16)15(6-4-2)11-9-19-8-10(11)13(17)18/h3,10-11,14H,1,4-9H2,2H3,(H,17,18). The number of amides is 1. The van der Waals surface area contributed by atoms with Crippen molar-refractivity contribution in [2.45, 2.75) is 19.4 Å². The first-order chi connectivity index (χ1) is 9.11. The summed E-state index contributed by atoms with van der Waals surface area (Å²) in [7, 11) is 0. The lowest BCUT2D eigenvalue weighted by atomic mass is 10.0. The van der Waals surface area contributed by atoms with Gasteiger partial charge in [0.2, 0.25) is 5.91 Å².